The van der Waals surface area contributed by atoms with E-state index in [2.05, 4.69) is 6.58 Å². The summed E-state index contributed by atoms with van der Waals surface area (Å²) in [7, 11) is 0. The minimum atomic E-state index is -0.889. The first-order chi connectivity index (χ1) is 6.81. The summed E-state index contributed by atoms with van der Waals surface area (Å²) < 4.78 is 0. The fourth-order valence-electron chi connectivity index (χ4n) is 1.33. The van der Waals surface area contributed by atoms with E-state index in [1.165, 1.54) is 0 Å². The van der Waals surface area contributed by atoms with Crippen LogP contribution in [-0.4, -0.2) is 40.6 Å². The number of hydrogen-bond donors (Lipinski definition) is 2. The molecule has 0 aliphatic carbocycles. The predicted molar refractivity (Wildman–Crippen MR) is 61.3 cm³/mol. The molecule has 1 atom stereocenters. The average Bonchev–Trinajstić information content (AvgIpc) is 2.12. The van der Waals surface area contributed by atoms with Gasteiger partial charge in [-0.25, -0.2) is 0 Å². The van der Waals surface area contributed by atoms with Gasteiger partial charge in [0.15, 0.2) is 0 Å². The Bertz CT molecular complexity index is 221. The molecule has 0 radical (unpaired) electrons. The molecular weight excluding hydrogens is 192 g/mol. The lowest BCUT2D eigenvalue weighted by atomic mass is 10.1. The van der Waals surface area contributed by atoms with Gasteiger partial charge in [0.25, 0.3) is 0 Å². The van der Waals surface area contributed by atoms with Gasteiger partial charge in [-0.2, -0.15) is 0 Å². The van der Waals surface area contributed by atoms with E-state index in [1.54, 1.807) is 24.8 Å². The van der Waals surface area contributed by atoms with Gasteiger partial charge in [-0.1, -0.05) is 6.08 Å². The molecular formula is C11H22N2O2. The predicted octanol–water partition coefficient (Wildman–Crippen LogP) is 0.509. The first-order valence-electron chi connectivity index (χ1n) is 5.19. The molecule has 0 bridgehead atoms. The fraction of sp³-hybridized carbons (Fsp3) is 0.727. The second-order valence-corrected chi connectivity index (χ2v) is 4.30. The molecule has 88 valence electrons. The summed E-state index contributed by atoms with van der Waals surface area (Å²) in [6.07, 6.45) is 2.09. The highest BCUT2D eigenvalue weighted by Gasteiger charge is 2.24. The van der Waals surface area contributed by atoms with Crippen LogP contribution in [0.2, 0.25) is 0 Å². The van der Waals surface area contributed by atoms with Gasteiger partial charge in [0.05, 0.1) is 11.6 Å². The normalized spacial score (nSPS) is 13.4. The maximum Gasteiger partial charge on any atom is 0.239 e. The molecule has 0 fully saturated rings. The van der Waals surface area contributed by atoms with E-state index in [0.717, 1.165) is 0 Å². The summed E-state index contributed by atoms with van der Waals surface area (Å²) in [6, 6.07) is -0.551. The third-order valence-electron chi connectivity index (χ3n) is 2.01. The van der Waals surface area contributed by atoms with Crippen LogP contribution in [0.4, 0.5) is 0 Å². The molecule has 4 nitrogen and oxygen atoms in total. The van der Waals surface area contributed by atoms with Crippen molar-refractivity contribution in [2.24, 2.45) is 5.73 Å². The molecule has 0 spiro atoms. The summed E-state index contributed by atoms with van der Waals surface area (Å²) in [5, 5.41) is 9.62. The quantitative estimate of drug-likeness (QED) is 0.633. The third-order valence-corrected chi connectivity index (χ3v) is 2.01. The van der Waals surface area contributed by atoms with Gasteiger partial charge < -0.3 is 15.7 Å². The number of nitrogens with two attached hydrogens (primary N) is 1. The molecule has 1 unspecified atom stereocenters. The maximum absolute atomic E-state index is 11.8. The topological polar surface area (TPSA) is 66.6 Å². The van der Waals surface area contributed by atoms with Gasteiger partial charge in [-0.3, -0.25) is 4.79 Å². The molecule has 0 aliphatic rings. The summed E-state index contributed by atoms with van der Waals surface area (Å²) in [6.45, 7) is 9.59. The van der Waals surface area contributed by atoms with Crippen molar-refractivity contribution in [3.8, 4) is 0 Å². The summed E-state index contributed by atoms with van der Waals surface area (Å²) in [5.74, 6) is -0.139. The Balaban J connectivity index is 4.40. The van der Waals surface area contributed by atoms with Crippen LogP contribution in [0.1, 0.15) is 27.2 Å². The van der Waals surface area contributed by atoms with Crippen LogP contribution in [-0.2, 0) is 4.79 Å². The van der Waals surface area contributed by atoms with Crippen molar-refractivity contribution >= 4 is 5.91 Å². The number of likely N-dealkylation sites (N-methyl/N-ethyl adjacent to an activating group) is 1. The molecule has 1 amide bonds. The van der Waals surface area contributed by atoms with Crippen LogP contribution in [0.3, 0.4) is 0 Å². The fourth-order valence-corrected chi connectivity index (χ4v) is 1.33. The average molecular weight is 214 g/mol. The Morgan fingerprint density at radius 3 is 2.53 bits per heavy atom. The molecule has 15 heavy (non-hydrogen) atoms. The van der Waals surface area contributed by atoms with Crippen LogP contribution < -0.4 is 5.73 Å². The Labute approximate surface area is 91.8 Å². The number of nitrogens with zero attached hydrogens (tertiary/aromatic N) is 1. The van der Waals surface area contributed by atoms with Gasteiger partial charge >= 0.3 is 0 Å². The van der Waals surface area contributed by atoms with Crippen LogP contribution >= 0.6 is 0 Å². The minimum Gasteiger partial charge on any atom is -0.389 e. The van der Waals surface area contributed by atoms with Crippen molar-refractivity contribution in [2.75, 3.05) is 13.1 Å². The van der Waals surface area contributed by atoms with Crippen molar-refractivity contribution < 1.29 is 9.90 Å². The highest BCUT2D eigenvalue weighted by atomic mass is 16.3. The van der Waals surface area contributed by atoms with Gasteiger partial charge in [0, 0.05) is 13.1 Å². The Kier molecular flexibility index (Phi) is 5.54. The zero-order valence-electron chi connectivity index (χ0n) is 9.86. The summed E-state index contributed by atoms with van der Waals surface area (Å²) >= 11 is 0. The van der Waals surface area contributed by atoms with Gasteiger partial charge in [-0.05, 0) is 27.2 Å². The minimum absolute atomic E-state index is 0.139. The summed E-state index contributed by atoms with van der Waals surface area (Å²) in [5.41, 5.74) is 4.79. The SMILES string of the molecule is C=CCC(N)C(=O)N(CC)CC(C)(C)O. The lowest BCUT2D eigenvalue weighted by Gasteiger charge is -2.29. The van der Waals surface area contributed by atoms with Gasteiger partial charge in [-0.15, -0.1) is 6.58 Å². The lowest BCUT2D eigenvalue weighted by Crippen LogP contribution is -2.48. The molecule has 0 aromatic heterocycles. The highest BCUT2D eigenvalue weighted by Crippen LogP contribution is 2.07. The number of carbonyl (C=O) groups is 1. The van der Waals surface area contributed by atoms with Crippen LogP contribution in [0.5, 0.6) is 0 Å². The molecule has 0 saturated heterocycles. The number of amides is 1. The van der Waals surface area contributed by atoms with Crippen molar-refractivity contribution in [2.45, 2.75) is 38.8 Å². The smallest absolute Gasteiger partial charge is 0.239 e. The molecule has 0 aromatic rings. The Morgan fingerprint density at radius 2 is 2.20 bits per heavy atom. The Hall–Kier alpha value is -0.870. The molecule has 0 rings (SSSR count). The number of aliphatic hydroxyl groups is 1. The largest absolute Gasteiger partial charge is 0.389 e. The van der Waals surface area contributed by atoms with E-state index in [0.29, 0.717) is 19.5 Å². The summed E-state index contributed by atoms with van der Waals surface area (Å²) in [4.78, 5) is 13.3. The van der Waals surface area contributed by atoms with Gasteiger partial charge in [0.2, 0.25) is 5.91 Å². The molecule has 3 N–H and O–H groups in total. The van der Waals surface area contributed by atoms with E-state index in [1.807, 2.05) is 6.92 Å². The van der Waals surface area contributed by atoms with Gasteiger partial charge in [0.1, 0.15) is 0 Å². The van der Waals surface area contributed by atoms with Crippen molar-refractivity contribution in [3.63, 3.8) is 0 Å². The molecule has 0 aromatic carbocycles. The maximum atomic E-state index is 11.8. The van der Waals surface area contributed by atoms with E-state index < -0.39 is 11.6 Å². The zero-order chi connectivity index (χ0) is 12.1. The lowest BCUT2D eigenvalue weighted by molar-refractivity contribution is -0.135. The highest BCUT2D eigenvalue weighted by molar-refractivity contribution is 5.81. The van der Waals surface area contributed by atoms with Crippen molar-refractivity contribution in [1.29, 1.82) is 0 Å². The molecule has 0 aliphatic heterocycles. The molecule has 0 saturated carbocycles. The molecule has 0 heterocycles. The number of rotatable bonds is 6. The van der Waals surface area contributed by atoms with E-state index in [4.69, 9.17) is 5.73 Å². The van der Waals surface area contributed by atoms with E-state index >= 15 is 0 Å². The van der Waals surface area contributed by atoms with Crippen LogP contribution in [0.15, 0.2) is 12.7 Å². The number of hydrogen-bond acceptors (Lipinski definition) is 3. The molecule has 4 heteroatoms. The van der Waals surface area contributed by atoms with E-state index in [9.17, 15) is 9.90 Å². The third kappa shape index (κ3) is 5.54. The second-order valence-electron chi connectivity index (χ2n) is 4.30. The van der Waals surface area contributed by atoms with Crippen LogP contribution in [0.25, 0.3) is 0 Å². The first kappa shape index (κ1) is 14.1. The zero-order valence-corrected chi connectivity index (χ0v) is 9.86. The first-order valence-corrected chi connectivity index (χ1v) is 5.19. The standard InChI is InChI=1S/C11H22N2O2/c1-5-7-9(12)10(14)13(6-2)8-11(3,4)15/h5,9,15H,1,6-8,12H2,2-4H3. The Morgan fingerprint density at radius 1 is 1.67 bits per heavy atom. The monoisotopic (exact) mass is 214 g/mol. The number of carbonyl (C=O) groups excluding carboxylic acids is 1. The van der Waals surface area contributed by atoms with Crippen molar-refractivity contribution in [3.05, 3.63) is 12.7 Å². The van der Waals surface area contributed by atoms with E-state index in [-0.39, 0.29) is 5.91 Å². The van der Waals surface area contributed by atoms with Crippen molar-refractivity contribution in [1.82, 2.24) is 4.90 Å². The van der Waals surface area contributed by atoms with Crippen LogP contribution in [0, 0.1) is 0 Å². The second kappa shape index (κ2) is 5.88.